The highest BCUT2D eigenvalue weighted by atomic mass is 31.0. The first-order valence-electron chi connectivity index (χ1n) is 10.2. The highest BCUT2D eigenvalue weighted by Gasteiger charge is 2.72. The normalized spacial score (nSPS) is 52.5. The molecule has 6 heteroatoms. The van der Waals surface area contributed by atoms with E-state index in [-0.39, 0.29) is 29.7 Å². The number of carbonyl (C=O) groups is 2. The molecule has 0 aliphatic heterocycles. The lowest BCUT2D eigenvalue weighted by atomic mass is 9.45. The molecule has 3 fully saturated rings. The number of fused-ring (bicyclic) bond motifs is 5. The number of rotatable bonds is 2. The molecule has 4 aliphatic rings. The number of aliphatic hydroxyl groups excluding tert-OH is 1. The zero-order valence-electron chi connectivity index (χ0n) is 16.6. The second-order valence-electron chi connectivity index (χ2n) is 9.88. The molecule has 0 aromatic rings. The smallest absolute Gasteiger partial charge is 0.178 e. The Bertz CT molecular complexity index is 795. The molecule has 4 rings (SSSR count). The van der Waals surface area contributed by atoms with Gasteiger partial charge in [-0.3, -0.25) is 9.59 Å². The Morgan fingerprint density at radius 1 is 1.32 bits per heavy atom. The van der Waals surface area contributed by atoms with Gasteiger partial charge < -0.3 is 5.11 Å². The van der Waals surface area contributed by atoms with E-state index < -0.39 is 46.9 Å². The van der Waals surface area contributed by atoms with Crippen molar-refractivity contribution >= 4 is 20.8 Å². The van der Waals surface area contributed by atoms with Crippen molar-refractivity contribution in [1.82, 2.24) is 0 Å². The SMILES string of the molecule is C[C@@H]1CC2C3C[C@H](P)C4=CC(=O)C=CC4(C)[C@@]3(F)C(O)C[C@]2(C)[C@H]1C(=O)CF. The third-order valence-corrected chi connectivity index (χ3v) is 9.19. The van der Waals surface area contributed by atoms with Gasteiger partial charge in [-0.05, 0) is 66.8 Å². The Morgan fingerprint density at radius 2 is 2.00 bits per heavy atom. The van der Waals surface area contributed by atoms with Crippen LogP contribution in [0.3, 0.4) is 0 Å². The van der Waals surface area contributed by atoms with Crippen LogP contribution >= 0.6 is 9.24 Å². The van der Waals surface area contributed by atoms with Crippen LogP contribution in [0.15, 0.2) is 23.8 Å². The molecule has 1 N–H and O–H groups in total. The lowest BCUT2D eigenvalue weighted by molar-refractivity contribution is -0.195. The standard InChI is InChI=1S/C22H29F2O3P/c1-11-6-13-14-8-17(28)15-7-12(25)4-5-21(15,3)22(14,24)18(27)9-20(13,2)19(11)16(26)10-23/h4-5,7,11,13-14,17-19,27H,6,8-10,28H2,1-3H3/t11-,13?,14?,17+,18?,19-,20+,21?,22+/m1/s1. The lowest BCUT2D eigenvalue weighted by Crippen LogP contribution is -2.68. The molecule has 0 aromatic carbocycles. The number of allylic oxidation sites excluding steroid dienone is 4. The summed E-state index contributed by atoms with van der Waals surface area (Å²) in [6.07, 6.45) is 4.55. The van der Waals surface area contributed by atoms with Gasteiger partial charge in [0.15, 0.2) is 17.2 Å². The van der Waals surface area contributed by atoms with Crippen molar-refractivity contribution < 1.29 is 23.5 Å². The van der Waals surface area contributed by atoms with E-state index in [0.717, 1.165) is 0 Å². The fourth-order valence-corrected chi connectivity index (χ4v) is 8.20. The minimum Gasteiger partial charge on any atom is -0.390 e. The summed E-state index contributed by atoms with van der Waals surface area (Å²) in [5.41, 5.74) is -2.95. The first-order valence-corrected chi connectivity index (χ1v) is 10.8. The van der Waals surface area contributed by atoms with Gasteiger partial charge in [-0.1, -0.05) is 19.9 Å². The molecular formula is C22H29F2O3P. The minimum absolute atomic E-state index is 0.0380. The van der Waals surface area contributed by atoms with E-state index in [1.54, 1.807) is 13.0 Å². The monoisotopic (exact) mass is 410 g/mol. The summed E-state index contributed by atoms with van der Waals surface area (Å²) >= 11 is 0. The van der Waals surface area contributed by atoms with Crippen LogP contribution in [0.4, 0.5) is 8.78 Å². The highest BCUT2D eigenvalue weighted by Crippen LogP contribution is 2.70. The van der Waals surface area contributed by atoms with Gasteiger partial charge in [-0.15, -0.1) is 9.24 Å². The predicted octanol–water partition coefficient (Wildman–Crippen LogP) is 3.61. The van der Waals surface area contributed by atoms with Crippen molar-refractivity contribution in [2.45, 2.75) is 57.5 Å². The van der Waals surface area contributed by atoms with Gasteiger partial charge in [0.1, 0.15) is 6.67 Å². The van der Waals surface area contributed by atoms with Crippen LogP contribution < -0.4 is 0 Å². The molecule has 0 radical (unpaired) electrons. The number of halogens is 2. The molecule has 3 saturated carbocycles. The Morgan fingerprint density at radius 3 is 2.64 bits per heavy atom. The van der Waals surface area contributed by atoms with E-state index in [0.29, 0.717) is 18.4 Å². The van der Waals surface area contributed by atoms with E-state index >= 15 is 4.39 Å². The fourth-order valence-electron chi connectivity index (χ4n) is 7.47. The van der Waals surface area contributed by atoms with E-state index in [4.69, 9.17) is 0 Å². The van der Waals surface area contributed by atoms with Gasteiger partial charge in [0.05, 0.1) is 6.10 Å². The van der Waals surface area contributed by atoms with Gasteiger partial charge in [0, 0.05) is 17.3 Å². The van der Waals surface area contributed by atoms with Crippen LogP contribution in [-0.2, 0) is 9.59 Å². The van der Waals surface area contributed by atoms with Gasteiger partial charge in [-0.2, -0.15) is 0 Å². The summed E-state index contributed by atoms with van der Waals surface area (Å²) in [4.78, 5) is 24.4. The molecule has 3 nitrogen and oxygen atoms in total. The van der Waals surface area contributed by atoms with Gasteiger partial charge >= 0.3 is 0 Å². The van der Waals surface area contributed by atoms with E-state index in [9.17, 15) is 19.1 Å². The number of carbonyl (C=O) groups excluding carboxylic acids is 2. The maximum absolute atomic E-state index is 17.0. The van der Waals surface area contributed by atoms with E-state index in [2.05, 4.69) is 9.24 Å². The third-order valence-electron chi connectivity index (χ3n) is 8.56. The molecule has 0 amide bonds. The average Bonchev–Trinajstić information content (AvgIpc) is 2.89. The summed E-state index contributed by atoms with van der Waals surface area (Å²) in [5, 5.41) is 11.2. The predicted molar refractivity (Wildman–Crippen MR) is 106 cm³/mol. The number of hydrogen-bond acceptors (Lipinski definition) is 3. The van der Waals surface area contributed by atoms with Crippen molar-refractivity contribution in [2.24, 2.45) is 34.5 Å². The summed E-state index contributed by atoms with van der Waals surface area (Å²) in [6.45, 7) is 4.65. The molecule has 0 heterocycles. The topological polar surface area (TPSA) is 54.4 Å². The Balaban J connectivity index is 1.84. The van der Waals surface area contributed by atoms with Gasteiger partial charge in [0.2, 0.25) is 0 Å². The van der Waals surface area contributed by atoms with Gasteiger partial charge in [-0.25, -0.2) is 8.78 Å². The quantitative estimate of drug-likeness (QED) is 0.708. The van der Waals surface area contributed by atoms with E-state index in [1.807, 2.05) is 13.8 Å². The van der Waals surface area contributed by atoms with Gasteiger partial charge in [0.25, 0.3) is 0 Å². The maximum Gasteiger partial charge on any atom is 0.178 e. The van der Waals surface area contributed by atoms with Crippen molar-refractivity contribution in [3.63, 3.8) is 0 Å². The second kappa shape index (κ2) is 6.28. The van der Waals surface area contributed by atoms with Crippen LogP contribution in [0.5, 0.6) is 0 Å². The van der Waals surface area contributed by atoms with Crippen LogP contribution in [0.25, 0.3) is 0 Å². The van der Waals surface area contributed by atoms with Crippen molar-refractivity contribution in [3.05, 3.63) is 23.8 Å². The maximum atomic E-state index is 17.0. The molecular weight excluding hydrogens is 381 g/mol. The van der Waals surface area contributed by atoms with Crippen molar-refractivity contribution in [2.75, 3.05) is 6.67 Å². The van der Waals surface area contributed by atoms with Crippen LogP contribution in [-0.4, -0.2) is 40.8 Å². The number of Topliss-reactive ketones (excluding diaryl/α,β-unsaturated/α-hetero) is 1. The molecule has 5 unspecified atom stereocenters. The first kappa shape index (κ1) is 20.3. The second-order valence-corrected chi connectivity index (χ2v) is 10.7. The number of aliphatic hydroxyl groups is 1. The third kappa shape index (κ3) is 2.32. The molecule has 0 spiro atoms. The summed E-state index contributed by atoms with van der Waals surface area (Å²) in [7, 11) is 2.74. The van der Waals surface area contributed by atoms with Crippen molar-refractivity contribution in [3.8, 4) is 0 Å². The molecule has 0 aromatic heterocycles. The number of hydrogen-bond donors (Lipinski definition) is 1. The largest absolute Gasteiger partial charge is 0.390 e. The first-order chi connectivity index (χ1) is 13.0. The molecule has 28 heavy (non-hydrogen) atoms. The zero-order valence-corrected chi connectivity index (χ0v) is 17.8. The van der Waals surface area contributed by atoms with Crippen molar-refractivity contribution in [1.29, 1.82) is 0 Å². The average molecular weight is 410 g/mol. The molecule has 0 bridgehead atoms. The zero-order chi connectivity index (χ0) is 20.6. The Labute approximate surface area is 167 Å². The van der Waals surface area contributed by atoms with Crippen LogP contribution in [0.2, 0.25) is 0 Å². The van der Waals surface area contributed by atoms with E-state index in [1.165, 1.54) is 12.2 Å². The fraction of sp³-hybridized carbons (Fsp3) is 0.727. The Kier molecular flexibility index (Phi) is 4.57. The summed E-state index contributed by atoms with van der Waals surface area (Å²) in [6, 6.07) is 0. The lowest BCUT2D eigenvalue weighted by Gasteiger charge is -2.63. The van der Waals surface area contributed by atoms with Crippen LogP contribution in [0.1, 0.15) is 40.0 Å². The van der Waals surface area contributed by atoms with Crippen LogP contribution in [0, 0.1) is 34.5 Å². The summed E-state index contributed by atoms with van der Waals surface area (Å²) in [5.74, 6) is -1.67. The molecule has 0 saturated heterocycles. The highest BCUT2D eigenvalue weighted by molar-refractivity contribution is 7.18. The molecule has 154 valence electrons. The molecule has 10 atom stereocenters. The number of alkyl halides is 2. The Hall–Kier alpha value is -0.930. The number of ketones is 2. The molecule has 4 aliphatic carbocycles. The minimum atomic E-state index is -1.92. The summed E-state index contributed by atoms with van der Waals surface area (Å²) < 4.78 is 30.2.